The molecule has 1 aromatic carbocycles. The monoisotopic (exact) mass is 170 g/mol. The van der Waals surface area contributed by atoms with E-state index in [9.17, 15) is 0 Å². The van der Waals surface area contributed by atoms with Crippen molar-refractivity contribution >= 4 is 23.0 Å². The van der Waals surface area contributed by atoms with E-state index < -0.39 is 0 Å². The number of anilines is 2. The van der Waals surface area contributed by atoms with Gasteiger partial charge in [-0.3, -0.25) is 0 Å². The van der Waals surface area contributed by atoms with Crippen LogP contribution in [0.15, 0.2) is 18.2 Å². The molecule has 0 amide bonds. The molecule has 0 aliphatic carbocycles. The maximum Gasteiger partial charge on any atom is 0.0367 e. The number of halogens is 1. The van der Waals surface area contributed by atoms with Crippen LogP contribution >= 0.6 is 11.6 Å². The molecule has 11 heavy (non-hydrogen) atoms. The van der Waals surface area contributed by atoms with Crippen LogP contribution < -0.4 is 11.5 Å². The number of benzene rings is 1. The van der Waals surface area contributed by atoms with Crippen LogP contribution in [-0.4, -0.2) is 5.88 Å². The van der Waals surface area contributed by atoms with Crippen molar-refractivity contribution in [2.45, 2.75) is 6.42 Å². The Morgan fingerprint density at radius 2 is 1.73 bits per heavy atom. The van der Waals surface area contributed by atoms with Gasteiger partial charge in [-0.05, 0) is 24.1 Å². The molecule has 0 atom stereocenters. The van der Waals surface area contributed by atoms with E-state index >= 15 is 0 Å². The molecule has 0 heterocycles. The van der Waals surface area contributed by atoms with Crippen LogP contribution in [-0.2, 0) is 6.42 Å². The van der Waals surface area contributed by atoms with Crippen LogP contribution in [0.5, 0.6) is 0 Å². The van der Waals surface area contributed by atoms with Gasteiger partial charge in [0.2, 0.25) is 0 Å². The highest BCUT2D eigenvalue weighted by Crippen LogP contribution is 2.19. The zero-order valence-corrected chi connectivity index (χ0v) is 6.93. The molecule has 2 nitrogen and oxygen atoms in total. The van der Waals surface area contributed by atoms with Crippen molar-refractivity contribution in [3.63, 3.8) is 0 Å². The lowest BCUT2D eigenvalue weighted by Gasteiger charge is -2.05. The predicted molar refractivity (Wildman–Crippen MR) is 49.7 cm³/mol. The third-order valence-electron chi connectivity index (χ3n) is 1.59. The summed E-state index contributed by atoms with van der Waals surface area (Å²) in [5.74, 6) is 0.554. The van der Waals surface area contributed by atoms with Crippen LogP contribution in [0.1, 0.15) is 5.56 Å². The van der Waals surface area contributed by atoms with E-state index in [-0.39, 0.29) is 0 Å². The number of rotatable bonds is 2. The van der Waals surface area contributed by atoms with E-state index in [1.54, 1.807) is 0 Å². The van der Waals surface area contributed by atoms with Gasteiger partial charge in [0.25, 0.3) is 0 Å². The van der Waals surface area contributed by atoms with Crippen molar-refractivity contribution in [1.29, 1.82) is 0 Å². The van der Waals surface area contributed by atoms with Crippen molar-refractivity contribution in [1.82, 2.24) is 0 Å². The number of nitrogens with two attached hydrogens (primary N) is 2. The molecule has 4 N–H and O–H groups in total. The summed E-state index contributed by atoms with van der Waals surface area (Å²) in [5, 5.41) is 0. The minimum atomic E-state index is 0.554. The van der Waals surface area contributed by atoms with Crippen molar-refractivity contribution < 1.29 is 0 Å². The van der Waals surface area contributed by atoms with Crippen LogP contribution in [0.2, 0.25) is 0 Å². The van der Waals surface area contributed by atoms with Crippen LogP contribution in [0.25, 0.3) is 0 Å². The molecule has 0 aliphatic rings. The lowest BCUT2D eigenvalue weighted by molar-refractivity contribution is 1.16. The largest absolute Gasteiger partial charge is 0.398 e. The van der Waals surface area contributed by atoms with E-state index in [1.165, 1.54) is 0 Å². The fourth-order valence-electron chi connectivity index (χ4n) is 1.01. The molecule has 0 radical (unpaired) electrons. The van der Waals surface area contributed by atoms with Gasteiger partial charge in [-0.2, -0.15) is 0 Å². The molecule has 60 valence electrons. The van der Waals surface area contributed by atoms with Gasteiger partial charge < -0.3 is 11.5 Å². The van der Waals surface area contributed by atoms with Crippen molar-refractivity contribution in [2.75, 3.05) is 17.3 Å². The van der Waals surface area contributed by atoms with E-state index in [1.807, 2.05) is 18.2 Å². The molecule has 0 saturated heterocycles. The molecule has 0 fully saturated rings. The Bertz CT molecular complexity index is 228. The Labute approximate surface area is 71.1 Å². The van der Waals surface area contributed by atoms with Gasteiger partial charge in [0.1, 0.15) is 0 Å². The second-order valence-electron chi connectivity index (χ2n) is 2.35. The molecule has 3 heteroatoms. The molecule has 0 saturated carbocycles. The summed E-state index contributed by atoms with van der Waals surface area (Å²) < 4.78 is 0. The third kappa shape index (κ3) is 1.77. The quantitative estimate of drug-likeness (QED) is 0.524. The molecule has 1 aromatic rings. The molecule has 0 spiro atoms. The SMILES string of the molecule is Nc1cccc(N)c1CCCl. The van der Waals surface area contributed by atoms with Crippen molar-refractivity contribution in [3.8, 4) is 0 Å². The zero-order chi connectivity index (χ0) is 8.27. The first kappa shape index (κ1) is 8.21. The lowest BCUT2D eigenvalue weighted by atomic mass is 10.1. The highest BCUT2D eigenvalue weighted by molar-refractivity contribution is 6.18. The maximum atomic E-state index is 5.67. The van der Waals surface area contributed by atoms with Crippen LogP contribution in [0.3, 0.4) is 0 Å². The molecular weight excluding hydrogens is 160 g/mol. The van der Waals surface area contributed by atoms with E-state index in [0.29, 0.717) is 5.88 Å². The second kappa shape index (κ2) is 3.49. The summed E-state index contributed by atoms with van der Waals surface area (Å²) in [7, 11) is 0. The van der Waals surface area contributed by atoms with Gasteiger partial charge in [0, 0.05) is 17.3 Å². The summed E-state index contributed by atoms with van der Waals surface area (Å²) in [6.45, 7) is 0. The topological polar surface area (TPSA) is 52.0 Å². The summed E-state index contributed by atoms with van der Waals surface area (Å²) in [5.41, 5.74) is 13.8. The zero-order valence-electron chi connectivity index (χ0n) is 6.18. The molecule has 1 rings (SSSR count). The molecule has 0 bridgehead atoms. The minimum Gasteiger partial charge on any atom is -0.398 e. The fraction of sp³-hybridized carbons (Fsp3) is 0.250. The van der Waals surface area contributed by atoms with E-state index in [0.717, 1.165) is 23.4 Å². The Hall–Kier alpha value is -0.890. The summed E-state index contributed by atoms with van der Waals surface area (Å²) in [6, 6.07) is 5.50. The molecule has 0 aliphatic heterocycles. The number of alkyl halides is 1. The standard InChI is InChI=1S/C8H11ClN2/c9-5-4-6-7(10)2-1-3-8(6)11/h1-3H,4-5,10-11H2. The number of nitrogen functional groups attached to an aromatic ring is 2. The lowest BCUT2D eigenvalue weighted by Crippen LogP contribution is -2.00. The normalized spacial score (nSPS) is 9.91. The highest BCUT2D eigenvalue weighted by atomic mass is 35.5. The third-order valence-corrected chi connectivity index (χ3v) is 1.78. The van der Waals surface area contributed by atoms with E-state index in [4.69, 9.17) is 23.1 Å². The highest BCUT2D eigenvalue weighted by Gasteiger charge is 2.00. The second-order valence-corrected chi connectivity index (χ2v) is 2.73. The van der Waals surface area contributed by atoms with Gasteiger partial charge in [0.15, 0.2) is 0 Å². The Morgan fingerprint density at radius 3 is 2.18 bits per heavy atom. The van der Waals surface area contributed by atoms with Crippen LogP contribution in [0.4, 0.5) is 11.4 Å². The van der Waals surface area contributed by atoms with Gasteiger partial charge in [-0.25, -0.2) is 0 Å². The van der Waals surface area contributed by atoms with Crippen LogP contribution in [0, 0.1) is 0 Å². The van der Waals surface area contributed by atoms with Gasteiger partial charge in [-0.1, -0.05) is 6.07 Å². The summed E-state index contributed by atoms with van der Waals surface area (Å²) in [4.78, 5) is 0. The predicted octanol–water partition coefficient (Wildman–Crippen LogP) is 1.63. The first-order valence-electron chi connectivity index (χ1n) is 3.44. The van der Waals surface area contributed by atoms with E-state index in [2.05, 4.69) is 0 Å². The molecule has 0 unspecified atom stereocenters. The first-order chi connectivity index (χ1) is 5.25. The molecule has 0 aromatic heterocycles. The van der Waals surface area contributed by atoms with Gasteiger partial charge in [-0.15, -0.1) is 11.6 Å². The Balaban J connectivity index is 3.00. The minimum absolute atomic E-state index is 0.554. The maximum absolute atomic E-state index is 5.67. The van der Waals surface area contributed by atoms with Crippen molar-refractivity contribution in [3.05, 3.63) is 23.8 Å². The van der Waals surface area contributed by atoms with Gasteiger partial charge in [0.05, 0.1) is 0 Å². The fourth-order valence-corrected chi connectivity index (χ4v) is 1.20. The summed E-state index contributed by atoms with van der Waals surface area (Å²) in [6.07, 6.45) is 0.736. The number of hydrogen-bond donors (Lipinski definition) is 2. The average Bonchev–Trinajstić information content (AvgIpc) is 1.97. The average molecular weight is 171 g/mol. The number of hydrogen-bond acceptors (Lipinski definition) is 2. The molecular formula is C8H11ClN2. The smallest absolute Gasteiger partial charge is 0.0367 e. The first-order valence-corrected chi connectivity index (χ1v) is 3.98. The summed E-state index contributed by atoms with van der Waals surface area (Å²) >= 11 is 5.57. The Kier molecular flexibility index (Phi) is 2.60. The van der Waals surface area contributed by atoms with Crippen molar-refractivity contribution in [2.24, 2.45) is 0 Å². The van der Waals surface area contributed by atoms with Gasteiger partial charge >= 0.3 is 0 Å². The Morgan fingerprint density at radius 1 is 1.18 bits per heavy atom.